The molecule has 0 aliphatic carbocycles. The average Bonchev–Trinajstić information content (AvgIpc) is 2.52. The molecule has 2 aliphatic heterocycles. The maximum atomic E-state index is 8.93. The summed E-state index contributed by atoms with van der Waals surface area (Å²) in [6.45, 7) is 3.37. The monoisotopic (exact) mass is 286 g/mol. The second-order valence-corrected chi connectivity index (χ2v) is 5.31. The standard InChI is InChI=1S/C16H18N2O3/c1-18-5-6-19-14(9-18)11-20-15-4-2-3-13-7-12(8-17)10-21-16(13)15/h2-4,7,14H,5-6,9-11H2,1H3/t14-/m1/s1. The normalized spacial score (nSPS) is 21.7. The molecule has 5 heteroatoms. The highest BCUT2D eigenvalue weighted by atomic mass is 16.5. The molecule has 0 unspecified atom stereocenters. The van der Waals surface area contributed by atoms with Gasteiger partial charge in [0.15, 0.2) is 11.5 Å². The summed E-state index contributed by atoms with van der Waals surface area (Å²) in [5.74, 6) is 1.42. The van der Waals surface area contributed by atoms with E-state index >= 15 is 0 Å². The number of rotatable bonds is 3. The van der Waals surface area contributed by atoms with Gasteiger partial charge in [0.05, 0.1) is 18.2 Å². The van der Waals surface area contributed by atoms with Gasteiger partial charge < -0.3 is 19.1 Å². The van der Waals surface area contributed by atoms with Crippen molar-refractivity contribution in [2.75, 3.05) is 40.0 Å². The van der Waals surface area contributed by atoms with Crippen molar-refractivity contribution >= 4 is 6.08 Å². The van der Waals surface area contributed by atoms with Crippen LogP contribution in [-0.4, -0.2) is 51.0 Å². The fourth-order valence-corrected chi connectivity index (χ4v) is 2.51. The van der Waals surface area contributed by atoms with Crippen LogP contribution in [-0.2, 0) is 4.74 Å². The van der Waals surface area contributed by atoms with Crippen LogP contribution in [0.15, 0.2) is 23.8 Å². The maximum absolute atomic E-state index is 8.93. The third kappa shape index (κ3) is 3.18. The molecule has 1 saturated heterocycles. The second kappa shape index (κ2) is 6.17. The van der Waals surface area contributed by atoms with Crippen LogP contribution in [0.25, 0.3) is 6.08 Å². The number of nitrogens with zero attached hydrogens (tertiary/aromatic N) is 2. The Morgan fingerprint density at radius 1 is 1.48 bits per heavy atom. The first-order valence-corrected chi connectivity index (χ1v) is 7.05. The van der Waals surface area contributed by atoms with Crippen molar-refractivity contribution in [3.63, 3.8) is 0 Å². The van der Waals surface area contributed by atoms with E-state index in [0.29, 0.717) is 30.3 Å². The smallest absolute Gasteiger partial charge is 0.168 e. The highest BCUT2D eigenvalue weighted by Gasteiger charge is 2.20. The predicted molar refractivity (Wildman–Crippen MR) is 78.3 cm³/mol. The van der Waals surface area contributed by atoms with Crippen LogP contribution in [0.2, 0.25) is 0 Å². The number of hydrogen-bond donors (Lipinski definition) is 0. The zero-order valence-electron chi connectivity index (χ0n) is 12.0. The number of para-hydroxylation sites is 1. The van der Waals surface area contributed by atoms with E-state index < -0.39 is 0 Å². The highest BCUT2D eigenvalue weighted by molar-refractivity contribution is 5.68. The van der Waals surface area contributed by atoms with E-state index in [9.17, 15) is 0 Å². The zero-order valence-corrected chi connectivity index (χ0v) is 12.0. The Morgan fingerprint density at radius 2 is 2.38 bits per heavy atom. The number of ether oxygens (including phenoxy) is 3. The molecule has 0 saturated carbocycles. The van der Waals surface area contributed by atoms with Crippen LogP contribution in [0, 0.1) is 11.3 Å². The Kier molecular flexibility index (Phi) is 4.09. The molecule has 0 spiro atoms. The Morgan fingerprint density at radius 3 is 3.19 bits per heavy atom. The quantitative estimate of drug-likeness (QED) is 0.846. The zero-order chi connectivity index (χ0) is 14.7. The third-order valence-corrected chi connectivity index (χ3v) is 3.62. The summed E-state index contributed by atoms with van der Waals surface area (Å²) < 4.78 is 17.2. The average molecular weight is 286 g/mol. The Labute approximate surface area is 124 Å². The van der Waals surface area contributed by atoms with Gasteiger partial charge in [-0.3, -0.25) is 0 Å². The van der Waals surface area contributed by atoms with Crippen LogP contribution in [0.1, 0.15) is 5.56 Å². The van der Waals surface area contributed by atoms with E-state index in [-0.39, 0.29) is 6.10 Å². The summed E-state index contributed by atoms with van der Waals surface area (Å²) in [5, 5.41) is 8.93. The molecular weight excluding hydrogens is 268 g/mol. The fraction of sp³-hybridized carbons (Fsp3) is 0.438. The van der Waals surface area contributed by atoms with Gasteiger partial charge in [0.25, 0.3) is 0 Å². The summed E-state index contributed by atoms with van der Waals surface area (Å²) >= 11 is 0. The fourth-order valence-electron chi connectivity index (χ4n) is 2.51. The second-order valence-electron chi connectivity index (χ2n) is 5.31. The minimum atomic E-state index is 0.0772. The van der Waals surface area contributed by atoms with E-state index in [1.807, 2.05) is 24.3 Å². The van der Waals surface area contributed by atoms with Crippen LogP contribution >= 0.6 is 0 Å². The summed E-state index contributed by atoms with van der Waals surface area (Å²) in [4.78, 5) is 2.23. The molecule has 1 atom stereocenters. The van der Waals surface area contributed by atoms with Crippen molar-refractivity contribution in [3.05, 3.63) is 29.3 Å². The van der Waals surface area contributed by atoms with Crippen LogP contribution in [0.4, 0.5) is 0 Å². The molecular formula is C16H18N2O3. The number of morpholine rings is 1. The van der Waals surface area contributed by atoms with Crippen molar-refractivity contribution in [1.29, 1.82) is 5.26 Å². The molecule has 0 aromatic heterocycles. The summed E-state index contributed by atoms with van der Waals surface area (Å²) in [7, 11) is 2.08. The molecule has 1 aromatic rings. The molecule has 110 valence electrons. The highest BCUT2D eigenvalue weighted by Crippen LogP contribution is 2.35. The van der Waals surface area contributed by atoms with Gasteiger partial charge in [-0.1, -0.05) is 12.1 Å². The summed E-state index contributed by atoms with van der Waals surface area (Å²) in [6.07, 6.45) is 1.92. The molecule has 0 bridgehead atoms. The minimum Gasteiger partial charge on any atom is -0.487 e. The van der Waals surface area contributed by atoms with Gasteiger partial charge in [-0.2, -0.15) is 5.26 Å². The van der Waals surface area contributed by atoms with Gasteiger partial charge in [0, 0.05) is 18.7 Å². The predicted octanol–water partition coefficient (Wildman–Crippen LogP) is 1.70. The number of nitriles is 1. The molecule has 2 aliphatic rings. The molecule has 0 amide bonds. The molecule has 1 aromatic carbocycles. The largest absolute Gasteiger partial charge is 0.487 e. The third-order valence-electron chi connectivity index (χ3n) is 3.62. The molecule has 21 heavy (non-hydrogen) atoms. The first kappa shape index (κ1) is 13.9. The molecule has 2 heterocycles. The molecule has 5 nitrogen and oxygen atoms in total. The lowest BCUT2D eigenvalue weighted by atomic mass is 10.1. The lowest BCUT2D eigenvalue weighted by molar-refractivity contribution is -0.0406. The first-order valence-electron chi connectivity index (χ1n) is 7.05. The number of fused-ring (bicyclic) bond motifs is 1. The van der Waals surface area contributed by atoms with E-state index in [1.165, 1.54) is 0 Å². The Hall–Kier alpha value is -2.03. The Balaban J connectivity index is 1.70. The number of hydrogen-bond acceptors (Lipinski definition) is 5. The maximum Gasteiger partial charge on any atom is 0.168 e. The van der Waals surface area contributed by atoms with Crippen LogP contribution < -0.4 is 9.47 Å². The number of likely N-dealkylation sites (N-methyl/N-ethyl adjacent to an activating group) is 1. The van der Waals surface area contributed by atoms with E-state index in [2.05, 4.69) is 18.0 Å². The number of benzene rings is 1. The van der Waals surface area contributed by atoms with E-state index in [1.54, 1.807) is 0 Å². The van der Waals surface area contributed by atoms with Crippen molar-refractivity contribution in [3.8, 4) is 17.6 Å². The first-order chi connectivity index (χ1) is 10.3. The SMILES string of the molecule is CN1CCO[C@@H](COc2cccc3c2OCC(C#N)=C3)C1. The molecule has 1 fully saturated rings. The van der Waals surface area contributed by atoms with Crippen molar-refractivity contribution < 1.29 is 14.2 Å². The van der Waals surface area contributed by atoms with Gasteiger partial charge >= 0.3 is 0 Å². The van der Waals surface area contributed by atoms with Gasteiger partial charge in [-0.15, -0.1) is 0 Å². The topological polar surface area (TPSA) is 54.7 Å². The van der Waals surface area contributed by atoms with E-state index in [4.69, 9.17) is 19.5 Å². The van der Waals surface area contributed by atoms with Crippen molar-refractivity contribution in [2.45, 2.75) is 6.10 Å². The molecule has 3 rings (SSSR count). The lowest BCUT2D eigenvalue weighted by Gasteiger charge is -2.30. The van der Waals surface area contributed by atoms with Crippen molar-refractivity contribution in [1.82, 2.24) is 4.90 Å². The van der Waals surface area contributed by atoms with E-state index in [0.717, 1.165) is 25.3 Å². The van der Waals surface area contributed by atoms with Gasteiger partial charge in [-0.25, -0.2) is 0 Å². The molecule has 0 N–H and O–H groups in total. The van der Waals surface area contributed by atoms with Gasteiger partial charge in [0.2, 0.25) is 0 Å². The summed E-state index contributed by atoms with van der Waals surface area (Å²) in [5.41, 5.74) is 1.51. The van der Waals surface area contributed by atoms with Gasteiger partial charge in [-0.05, 0) is 19.2 Å². The van der Waals surface area contributed by atoms with Crippen LogP contribution in [0.3, 0.4) is 0 Å². The van der Waals surface area contributed by atoms with Crippen molar-refractivity contribution in [2.24, 2.45) is 0 Å². The van der Waals surface area contributed by atoms with Crippen LogP contribution in [0.5, 0.6) is 11.5 Å². The summed E-state index contributed by atoms with van der Waals surface area (Å²) in [6, 6.07) is 7.83. The minimum absolute atomic E-state index is 0.0772. The van der Waals surface area contributed by atoms with Gasteiger partial charge in [0.1, 0.15) is 19.3 Å². The Bertz CT molecular complexity index is 592. The molecule has 0 radical (unpaired) electrons. The lowest BCUT2D eigenvalue weighted by Crippen LogP contribution is -2.42.